The Kier molecular flexibility index (Phi) is 4.95. The van der Waals surface area contributed by atoms with Gasteiger partial charge in [-0.15, -0.1) is 0 Å². The highest BCUT2D eigenvalue weighted by molar-refractivity contribution is 5.95. The Balaban J connectivity index is 1.57. The van der Waals surface area contributed by atoms with Crippen molar-refractivity contribution < 1.29 is 4.79 Å². The second-order valence-corrected chi connectivity index (χ2v) is 6.18. The lowest BCUT2D eigenvalue weighted by atomic mass is 10.1. The van der Waals surface area contributed by atoms with E-state index in [0.717, 1.165) is 50.1 Å². The third-order valence-corrected chi connectivity index (χ3v) is 4.27. The lowest BCUT2D eigenvalue weighted by molar-refractivity contribution is 0.0793. The number of nitrogens with one attached hydrogen (secondary N) is 1. The van der Waals surface area contributed by atoms with Crippen LogP contribution in [0.5, 0.6) is 0 Å². The van der Waals surface area contributed by atoms with Crippen molar-refractivity contribution in [2.24, 2.45) is 0 Å². The van der Waals surface area contributed by atoms with Crippen LogP contribution in [0.2, 0.25) is 0 Å². The van der Waals surface area contributed by atoms with Crippen molar-refractivity contribution in [3.05, 3.63) is 48.3 Å². The molecule has 2 heterocycles. The topological polar surface area (TPSA) is 50.2 Å². The fourth-order valence-corrected chi connectivity index (χ4v) is 2.96. The molecular weight excluding hydrogens is 288 g/mol. The molecule has 0 saturated carbocycles. The van der Waals surface area contributed by atoms with Crippen LogP contribution in [0, 0.1) is 0 Å². The quantitative estimate of drug-likeness (QED) is 0.892. The summed E-state index contributed by atoms with van der Waals surface area (Å²) in [6, 6.07) is 10.1. The van der Waals surface area contributed by atoms with E-state index in [0.29, 0.717) is 6.04 Å². The largest absolute Gasteiger partial charge is 0.383 e. The van der Waals surface area contributed by atoms with Gasteiger partial charge in [-0.05, 0) is 50.5 Å². The molecule has 1 aromatic carbocycles. The van der Waals surface area contributed by atoms with Crippen LogP contribution in [0.3, 0.4) is 0 Å². The number of benzene rings is 1. The number of nitrogens with zero attached hydrogens (tertiary/aromatic N) is 3. The summed E-state index contributed by atoms with van der Waals surface area (Å²) in [5.74, 6) is 0.148. The van der Waals surface area contributed by atoms with E-state index in [2.05, 4.69) is 17.3 Å². The highest BCUT2D eigenvalue weighted by Gasteiger charge is 2.19. The van der Waals surface area contributed by atoms with Gasteiger partial charge in [0.15, 0.2) is 0 Å². The summed E-state index contributed by atoms with van der Waals surface area (Å²) in [7, 11) is 0. The average molecular weight is 312 g/mol. The molecule has 0 radical (unpaired) electrons. The standard InChI is InChI=1S/C18H24N4O/c1-15(8-13-22-12-5-9-19-22)20-17-7-4-6-16(14-17)18(23)21-10-2-3-11-21/h4-7,9,12,14-15,20H,2-3,8,10-11,13H2,1H3/t15-/m0/s1. The number of hydrogen-bond donors (Lipinski definition) is 1. The number of aromatic nitrogens is 2. The summed E-state index contributed by atoms with van der Waals surface area (Å²) in [5.41, 5.74) is 1.78. The van der Waals surface area contributed by atoms with Gasteiger partial charge in [0.1, 0.15) is 0 Å². The second-order valence-electron chi connectivity index (χ2n) is 6.18. The Morgan fingerprint density at radius 3 is 2.87 bits per heavy atom. The Morgan fingerprint density at radius 1 is 1.30 bits per heavy atom. The van der Waals surface area contributed by atoms with Crippen molar-refractivity contribution in [2.75, 3.05) is 18.4 Å². The lowest BCUT2D eigenvalue weighted by Gasteiger charge is -2.18. The van der Waals surface area contributed by atoms with Crippen LogP contribution in [0.4, 0.5) is 5.69 Å². The van der Waals surface area contributed by atoms with Gasteiger partial charge in [0.2, 0.25) is 0 Å². The first-order valence-electron chi connectivity index (χ1n) is 8.36. The number of amides is 1. The molecule has 2 aromatic rings. The highest BCUT2D eigenvalue weighted by atomic mass is 16.2. The van der Waals surface area contributed by atoms with Crippen molar-refractivity contribution >= 4 is 11.6 Å². The maximum atomic E-state index is 12.5. The number of carbonyl (C=O) groups excluding carboxylic acids is 1. The van der Waals surface area contributed by atoms with Crippen LogP contribution in [0.1, 0.15) is 36.5 Å². The van der Waals surface area contributed by atoms with Crippen LogP contribution in [0.25, 0.3) is 0 Å². The van der Waals surface area contributed by atoms with Gasteiger partial charge in [0, 0.05) is 49.3 Å². The minimum absolute atomic E-state index is 0.148. The maximum Gasteiger partial charge on any atom is 0.253 e. The number of likely N-dealkylation sites (tertiary alicyclic amines) is 1. The van der Waals surface area contributed by atoms with Crippen LogP contribution in [0.15, 0.2) is 42.7 Å². The van der Waals surface area contributed by atoms with Crippen LogP contribution in [-0.2, 0) is 6.54 Å². The molecule has 5 heteroatoms. The molecule has 5 nitrogen and oxygen atoms in total. The Bertz CT molecular complexity index is 632. The van der Waals surface area contributed by atoms with Gasteiger partial charge in [-0.25, -0.2) is 0 Å². The summed E-state index contributed by atoms with van der Waals surface area (Å²) in [4.78, 5) is 14.4. The average Bonchev–Trinajstić information content (AvgIpc) is 3.26. The van der Waals surface area contributed by atoms with Crippen molar-refractivity contribution in [1.82, 2.24) is 14.7 Å². The van der Waals surface area contributed by atoms with E-state index in [4.69, 9.17) is 0 Å². The fourth-order valence-electron chi connectivity index (χ4n) is 2.96. The molecule has 1 atom stereocenters. The van der Waals surface area contributed by atoms with Gasteiger partial charge in [0.25, 0.3) is 5.91 Å². The first-order valence-corrected chi connectivity index (χ1v) is 8.36. The molecule has 0 spiro atoms. The van der Waals surface area contributed by atoms with Crippen molar-refractivity contribution in [2.45, 2.75) is 38.8 Å². The molecule has 1 aliphatic rings. The summed E-state index contributed by atoms with van der Waals surface area (Å²) >= 11 is 0. The minimum Gasteiger partial charge on any atom is -0.383 e. The van der Waals surface area contributed by atoms with Crippen molar-refractivity contribution in [1.29, 1.82) is 0 Å². The monoisotopic (exact) mass is 312 g/mol. The summed E-state index contributed by atoms with van der Waals surface area (Å²) in [6.07, 6.45) is 6.99. The molecule has 0 bridgehead atoms. The fraction of sp³-hybridized carbons (Fsp3) is 0.444. The SMILES string of the molecule is C[C@@H](CCn1cccn1)Nc1cccc(C(=O)N2CCCC2)c1. The number of rotatable bonds is 6. The van der Waals surface area contributed by atoms with Gasteiger partial charge in [-0.3, -0.25) is 9.48 Å². The number of anilines is 1. The number of aryl methyl sites for hydroxylation is 1. The van der Waals surface area contributed by atoms with E-state index in [9.17, 15) is 4.79 Å². The van der Waals surface area contributed by atoms with Gasteiger partial charge < -0.3 is 10.2 Å². The maximum absolute atomic E-state index is 12.5. The zero-order valence-electron chi connectivity index (χ0n) is 13.6. The molecule has 1 amide bonds. The lowest BCUT2D eigenvalue weighted by Crippen LogP contribution is -2.27. The molecule has 1 N–H and O–H groups in total. The summed E-state index contributed by atoms with van der Waals surface area (Å²) < 4.78 is 1.94. The minimum atomic E-state index is 0.148. The molecule has 1 fully saturated rings. The molecule has 1 aromatic heterocycles. The van der Waals surface area contributed by atoms with Gasteiger partial charge in [-0.2, -0.15) is 5.10 Å². The molecule has 0 unspecified atom stereocenters. The van der Waals surface area contributed by atoms with E-state index in [-0.39, 0.29) is 5.91 Å². The molecular formula is C18H24N4O. The Morgan fingerprint density at radius 2 is 2.13 bits per heavy atom. The first kappa shape index (κ1) is 15.6. The Labute approximate surface area is 137 Å². The smallest absolute Gasteiger partial charge is 0.253 e. The predicted octanol–water partition coefficient (Wildman–Crippen LogP) is 3.01. The molecule has 122 valence electrons. The summed E-state index contributed by atoms with van der Waals surface area (Å²) in [5, 5.41) is 7.69. The van der Waals surface area contributed by atoms with E-state index >= 15 is 0 Å². The highest BCUT2D eigenvalue weighted by Crippen LogP contribution is 2.17. The van der Waals surface area contributed by atoms with Gasteiger partial charge >= 0.3 is 0 Å². The number of carbonyl (C=O) groups is 1. The van der Waals surface area contributed by atoms with Crippen LogP contribution < -0.4 is 5.32 Å². The normalized spacial score (nSPS) is 15.6. The molecule has 3 rings (SSSR count). The second kappa shape index (κ2) is 7.31. The van der Waals surface area contributed by atoms with Crippen LogP contribution in [-0.4, -0.2) is 39.7 Å². The van der Waals surface area contributed by atoms with E-state index in [1.54, 1.807) is 6.20 Å². The van der Waals surface area contributed by atoms with Crippen molar-refractivity contribution in [3.63, 3.8) is 0 Å². The number of hydrogen-bond acceptors (Lipinski definition) is 3. The third-order valence-electron chi connectivity index (χ3n) is 4.27. The predicted molar refractivity (Wildman–Crippen MR) is 91.5 cm³/mol. The zero-order valence-corrected chi connectivity index (χ0v) is 13.6. The van der Waals surface area contributed by atoms with Gasteiger partial charge in [-0.1, -0.05) is 6.07 Å². The molecule has 23 heavy (non-hydrogen) atoms. The Hall–Kier alpha value is -2.30. The summed E-state index contributed by atoms with van der Waals surface area (Å²) in [6.45, 7) is 4.81. The molecule has 1 aliphatic heterocycles. The van der Waals surface area contributed by atoms with E-state index in [1.165, 1.54) is 0 Å². The molecule has 1 saturated heterocycles. The molecule has 0 aliphatic carbocycles. The van der Waals surface area contributed by atoms with E-state index < -0.39 is 0 Å². The third kappa shape index (κ3) is 4.12. The van der Waals surface area contributed by atoms with Gasteiger partial charge in [0.05, 0.1) is 0 Å². The first-order chi connectivity index (χ1) is 11.2. The van der Waals surface area contributed by atoms with E-state index in [1.807, 2.05) is 46.1 Å². The van der Waals surface area contributed by atoms with Crippen molar-refractivity contribution in [3.8, 4) is 0 Å². The zero-order chi connectivity index (χ0) is 16.1. The van der Waals surface area contributed by atoms with Crippen LogP contribution >= 0.6 is 0 Å².